The molecule has 4 rings (SSSR count). The van der Waals surface area contributed by atoms with Gasteiger partial charge in [0.2, 0.25) is 5.91 Å². The zero-order valence-electron chi connectivity index (χ0n) is 18.3. The molecule has 168 valence electrons. The van der Waals surface area contributed by atoms with E-state index in [1.165, 1.54) is 11.8 Å². The molecule has 4 aromatic rings. The van der Waals surface area contributed by atoms with Gasteiger partial charge in [0.05, 0.1) is 18.4 Å². The van der Waals surface area contributed by atoms with Crippen molar-refractivity contribution in [3.63, 3.8) is 0 Å². The second kappa shape index (κ2) is 10.6. The maximum atomic E-state index is 12.5. The molecule has 0 atom stereocenters. The molecule has 6 nitrogen and oxygen atoms in total. The molecule has 0 aliphatic heterocycles. The van der Waals surface area contributed by atoms with Crippen LogP contribution < -0.4 is 10.1 Å². The molecule has 3 aromatic carbocycles. The molecular formula is C25H23ClN4O2S. The van der Waals surface area contributed by atoms with Gasteiger partial charge in [-0.25, -0.2) is 0 Å². The van der Waals surface area contributed by atoms with Crippen molar-refractivity contribution >= 4 is 29.3 Å². The minimum Gasteiger partial charge on any atom is -0.496 e. The number of thioether (sulfide) groups is 1. The maximum absolute atomic E-state index is 12.5. The molecular weight excluding hydrogens is 456 g/mol. The molecule has 33 heavy (non-hydrogen) atoms. The van der Waals surface area contributed by atoms with Crippen LogP contribution in [0.2, 0.25) is 5.02 Å². The highest BCUT2D eigenvalue weighted by molar-refractivity contribution is 7.99. The highest BCUT2D eigenvalue weighted by Crippen LogP contribution is 2.33. The van der Waals surface area contributed by atoms with Crippen LogP contribution in [0.15, 0.2) is 78.0 Å². The molecule has 0 radical (unpaired) electrons. The molecule has 0 fully saturated rings. The molecule has 0 aliphatic carbocycles. The lowest BCUT2D eigenvalue weighted by molar-refractivity contribution is -0.118. The minimum atomic E-state index is -0.0997. The van der Waals surface area contributed by atoms with E-state index in [1.54, 1.807) is 13.2 Å². The van der Waals surface area contributed by atoms with Crippen LogP contribution in [0, 0.1) is 6.92 Å². The molecule has 1 aromatic heterocycles. The zero-order chi connectivity index (χ0) is 23.2. The Hall–Kier alpha value is -3.29. The molecule has 0 spiro atoms. The highest BCUT2D eigenvalue weighted by Gasteiger charge is 2.19. The number of hydrogen-bond acceptors (Lipinski definition) is 5. The first-order chi connectivity index (χ1) is 16.0. The fourth-order valence-electron chi connectivity index (χ4n) is 3.32. The Balaban J connectivity index is 1.57. The van der Waals surface area contributed by atoms with Crippen molar-refractivity contribution in [2.75, 3.05) is 12.9 Å². The van der Waals surface area contributed by atoms with Gasteiger partial charge in [-0.05, 0) is 48.9 Å². The number of halogens is 1. The van der Waals surface area contributed by atoms with E-state index in [-0.39, 0.29) is 11.7 Å². The Bertz CT molecular complexity index is 1260. The number of aryl methyl sites for hydroxylation is 1. The summed E-state index contributed by atoms with van der Waals surface area (Å²) in [7, 11) is 1.63. The van der Waals surface area contributed by atoms with Crippen LogP contribution in [0.1, 0.15) is 11.1 Å². The highest BCUT2D eigenvalue weighted by atomic mass is 35.5. The molecule has 8 heteroatoms. The van der Waals surface area contributed by atoms with E-state index in [0.29, 0.717) is 28.3 Å². The molecule has 1 heterocycles. The van der Waals surface area contributed by atoms with Gasteiger partial charge in [0.25, 0.3) is 0 Å². The minimum absolute atomic E-state index is 0.0997. The number of carbonyl (C=O) groups excluding carboxylic acids is 1. The van der Waals surface area contributed by atoms with Gasteiger partial charge in [-0.3, -0.25) is 9.36 Å². The van der Waals surface area contributed by atoms with Gasteiger partial charge >= 0.3 is 0 Å². The smallest absolute Gasteiger partial charge is 0.230 e. The molecule has 0 bridgehead atoms. The number of para-hydroxylation sites is 1. The molecule has 0 unspecified atom stereocenters. The summed E-state index contributed by atoms with van der Waals surface area (Å²) in [6.07, 6.45) is 0. The van der Waals surface area contributed by atoms with Crippen molar-refractivity contribution in [1.29, 1.82) is 0 Å². The van der Waals surface area contributed by atoms with Crippen molar-refractivity contribution in [2.24, 2.45) is 0 Å². The van der Waals surface area contributed by atoms with Crippen molar-refractivity contribution < 1.29 is 9.53 Å². The summed E-state index contributed by atoms with van der Waals surface area (Å²) in [5.74, 6) is 1.46. The first kappa shape index (κ1) is 22.9. The number of methoxy groups -OCH3 is 1. The number of nitrogens with zero attached hydrogens (tertiary/aromatic N) is 3. The van der Waals surface area contributed by atoms with E-state index in [0.717, 1.165) is 22.4 Å². The van der Waals surface area contributed by atoms with Crippen LogP contribution in [-0.2, 0) is 11.3 Å². The summed E-state index contributed by atoms with van der Waals surface area (Å²) in [5, 5.41) is 13.0. The monoisotopic (exact) mass is 478 g/mol. The van der Waals surface area contributed by atoms with Gasteiger partial charge in [0.15, 0.2) is 11.0 Å². The predicted molar refractivity (Wildman–Crippen MR) is 132 cm³/mol. The van der Waals surface area contributed by atoms with Crippen molar-refractivity contribution in [1.82, 2.24) is 20.1 Å². The molecule has 1 amide bonds. The largest absolute Gasteiger partial charge is 0.496 e. The van der Waals surface area contributed by atoms with Crippen LogP contribution in [0.3, 0.4) is 0 Å². The summed E-state index contributed by atoms with van der Waals surface area (Å²) in [4.78, 5) is 12.5. The Morgan fingerprint density at radius 1 is 1.06 bits per heavy atom. The SMILES string of the molecule is COc1ccccc1-c1nnc(SCC(=O)NCc2cccc(Cl)c2)n1-c1ccc(C)cc1. The number of amides is 1. The van der Waals surface area contributed by atoms with Gasteiger partial charge in [-0.2, -0.15) is 0 Å². The maximum Gasteiger partial charge on any atom is 0.230 e. The van der Waals surface area contributed by atoms with Crippen LogP contribution in [0.5, 0.6) is 5.75 Å². The zero-order valence-corrected chi connectivity index (χ0v) is 19.9. The van der Waals surface area contributed by atoms with Crippen LogP contribution >= 0.6 is 23.4 Å². The summed E-state index contributed by atoms with van der Waals surface area (Å²) in [6, 6.07) is 23.2. The van der Waals surface area contributed by atoms with E-state index in [2.05, 4.69) is 15.5 Å². The van der Waals surface area contributed by atoms with Crippen LogP contribution in [0.25, 0.3) is 17.1 Å². The Kier molecular flexibility index (Phi) is 7.32. The average Bonchev–Trinajstić information content (AvgIpc) is 3.25. The van der Waals surface area contributed by atoms with Crippen LogP contribution in [-0.4, -0.2) is 33.5 Å². The fraction of sp³-hybridized carbons (Fsp3) is 0.160. The van der Waals surface area contributed by atoms with Gasteiger partial charge in [-0.1, -0.05) is 65.3 Å². The predicted octanol–water partition coefficient (Wildman–Crippen LogP) is 5.31. The van der Waals surface area contributed by atoms with Crippen molar-refractivity contribution in [3.05, 3.63) is 88.9 Å². The van der Waals surface area contributed by atoms with E-state index in [9.17, 15) is 4.79 Å². The average molecular weight is 479 g/mol. The molecule has 0 saturated heterocycles. The number of benzene rings is 3. The standard InChI is InChI=1S/C25H23ClN4O2S/c1-17-10-12-20(13-11-17)30-24(21-8-3-4-9-22(21)32-2)28-29-25(30)33-16-23(31)27-15-18-6-5-7-19(26)14-18/h3-14H,15-16H2,1-2H3,(H,27,31). The first-order valence-corrected chi connectivity index (χ1v) is 11.7. The lowest BCUT2D eigenvalue weighted by Crippen LogP contribution is -2.24. The van der Waals surface area contributed by atoms with E-state index >= 15 is 0 Å². The molecule has 0 saturated carbocycles. The molecule has 0 aliphatic rings. The van der Waals surface area contributed by atoms with Crippen molar-refractivity contribution in [2.45, 2.75) is 18.6 Å². The number of hydrogen-bond donors (Lipinski definition) is 1. The van der Waals surface area contributed by atoms with Gasteiger partial charge in [0.1, 0.15) is 5.75 Å². The third-order valence-corrected chi connectivity index (χ3v) is 6.15. The summed E-state index contributed by atoms with van der Waals surface area (Å²) in [6.45, 7) is 2.45. The number of carbonyl (C=O) groups is 1. The first-order valence-electron chi connectivity index (χ1n) is 10.3. The molecule has 1 N–H and O–H groups in total. The number of ether oxygens (including phenoxy) is 1. The van der Waals surface area contributed by atoms with E-state index in [1.807, 2.05) is 78.2 Å². The topological polar surface area (TPSA) is 69.0 Å². The Morgan fingerprint density at radius 3 is 2.61 bits per heavy atom. The summed E-state index contributed by atoms with van der Waals surface area (Å²) in [5.41, 5.74) is 3.83. The second-order valence-corrected chi connectivity index (χ2v) is 8.75. The number of rotatable bonds is 8. The summed E-state index contributed by atoms with van der Waals surface area (Å²) < 4.78 is 7.49. The lowest BCUT2D eigenvalue weighted by atomic mass is 10.1. The second-order valence-electron chi connectivity index (χ2n) is 7.37. The lowest BCUT2D eigenvalue weighted by Gasteiger charge is -2.13. The Morgan fingerprint density at radius 2 is 1.85 bits per heavy atom. The van der Waals surface area contributed by atoms with Gasteiger partial charge in [0, 0.05) is 17.3 Å². The summed E-state index contributed by atoms with van der Waals surface area (Å²) >= 11 is 7.35. The quantitative estimate of drug-likeness (QED) is 0.347. The Labute approximate surface area is 202 Å². The van der Waals surface area contributed by atoms with Crippen LogP contribution in [0.4, 0.5) is 0 Å². The third-order valence-electron chi connectivity index (χ3n) is 4.98. The van der Waals surface area contributed by atoms with Crippen molar-refractivity contribution in [3.8, 4) is 22.8 Å². The third kappa shape index (κ3) is 5.56. The van der Waals surface area contributed by atoms with Gasteiger partial charge < -0.3 is 10.1 Å². The fourth-order valence-corrected chi connectivity index (χ4v) is 4.32. The van der Waals surface area contributed by atoms with Gasteiger partial charge in [-0.15, -0.1) is 10.2 Å². The number of aromatic nitrogens is 3. The van der Waals surface area contributed by atoms with E-state index < -0.39 is 0 Å². The normalized spacial score (nSPS) is 10.8. The number of nitrogens with one attached hydrogen (secondary N) is 1. The van der Waals surface area contributed by atoms with E-state index in [4.69, 9.17) is 16.3 Å².